The maximum absolute atomic E-state index is 11.9. The number of nitrogens with zero attached hydrogens (tertiary/aromatic N) is 2. The lowest BCUT2D eigenvalue weighted by Gasteiger charge is -2.05. The Morgan fingerprint density at radius 3 is 2.68 bits per heavy atom. The molecule has 0 radical (unpaired) electrons. The molecule has 1 aromatic heterocycles. The predicted octanol–water partition coefficient (Wildman–Crippen LogP) is 3.20. The summed E-state index contributed by atoms with van der Waals surface area (Å²) < 4.78 is 5.14. The topological polar surface area (TPSA) is 79.4 Å². The number of hydrogen-bond acceptors (Lipinski definition) is 5. The van der Waals surface area contributed by atoms with Gasteiger partial charge in [0.25, 0.3) is 5.56 Å². The van der Waals surface area contributed by atoms with Crippen LogP contribution in [0.25, 0.3) is 11.3 Å². The molecule has 0 bridgehead atoms. The van der Waals surface area contributed by atoms with Crippen molar-refractivity contribution in [3.8, 4) is 17.0 Å². The van der Waals surface area contributed by atoms with E-state index in [2.05, 4.69) is 20.5 Å². The van der Waals surface area contributed by atoms with Crippen molar-refractivity contribution in [2.75, 3.05) is 12.5 Å². The molecule has 2 aromatic carbocycles. The highest BCUT2D eigenvalue weighted by molar-refractivity contribution is 5.80. The molecule has 0 fully saturated rings. The maximum atomic E-state index is 11.9. The first kappa shape index (κ1) is 16.4. The zero-order valence-electron chi connectivity index (χ0n) is 14.0. The zero-order chi connectivity index (χ0) is 17.6. The Morgan fingerprint density at radius 1 is 1.16 bits per heavy atom. The summed E-state index contributed by atoms with van der Waals surface area (Å²) in [5, 5.41) is 4.13. The van der Waals surface area contributed by atoms with E-state index in [1.807, 2.05) is 55.5 Å². The molecule has 0 amide bonds. The third kappa shape index (κ3) is 4.32. The molecule has 0 aliphatic heterocycles. The van der Waals surface area contributed by atoms with Gasteiger partial charge in [-0.3, -0.25) is 9.78 Å². The molecule has 0 saturated heterocycles. The fourth-order valence-corrected chi connectivity index (χ4v) is 2.34. The number of aryl methyl sites for hydroxylation is 1. The van der Waals surface area contributed by atoms with Gasteiger partial charge >= 0.3 is 0 Å². The van der Waals surface area contributed by atoms with Gasteiger partial charge in [0.15, 0.2) is 0 Å². The molecule has 25 heavy (non-hydrogen) atoms. The third-order valence-corrected chi connectivity index (χ3v) is 3.55. The minimum atomic E-state index is -0.255. The minimum absolute atomic E-state index is 0.255. The van der Waals surface area contributed by atoms with Gasteiger partial charge < -0.3 is 4.74 Å². The van der Waals surface area contributed by atoms with Crippen molar-refractivity contribution in [1.82, 2.24) is 9.97 Å². The van der Waals surface area contributed by atoms with Crippen molar-refractivity contribution in [3.05, 3.63) is 76.1 Å². The SMILES string of the molecule is COc1ccc(-c2cc(=O)[nH]c(N/N=C\c3cccc(C)c3)n2)cc1. The van der Waals surface area contributed by atoms with Gasteiger partial charge in [-0.25, -0.2) is 10.4 Å². The number of methoxy groups -OCH3 is 1. The molecule has 6 nitrogen and oxygen atoms in total. The number of nitrogens with one attached hydrogen (secondary N) is 2. The molecule has 0 unspecified atom stereocenters. The molecular weight excluding hydrogens is 316 g/mol. The van der Waals surface area contributed by atoms with Crippen LogP contribution < -0.4 is 15.7 Å². The van der Waals surface area contributed by atoms with Gasteiger partial charge in [0.2, 0.25) is 5.95 Å². The van der Waals surface area contributed by atoms with Crippen LogP contribution in [-0.2, 0) is 0 Å². The Kier molecular flexibility index (Phi) is 4.89. The van der Waals surface area contributed by atoms with Gasteiger partial charge in [0, 0.05) is 11.6 Å². The summed E-state index contributed by atoms with van der Waals surface area (Å²) in [4.78, 5) is 18.9. The summed E-state index contributed by atoms with van der Waals surface area (Å²) in [6.07, 6.45) is 1.67. The first-order valence-corrected chi connectivity index (χ1v) is 7.75. The van der Waals surface area contributed by atoms with Crippen LogP contribution in [0.15, 0.2) is 64.5 Å². The number of aromatic amines is 1. The van der Waals surface area contributed by atoms with E-state index in [0.717, 1.165) is 22.4 Å². The van der Waals surface area contributed by atoms with E-state index in [0.29, 0.717) is 5.69 Å². The Morgan fingerprint density at radius 2 is 1.96 bits per heavy atom. The van der Waals surface area contributed by atoms with Crippen LogP contribution in [0.3, 0.4) is 0 Å². The van der Waals surface area contributed by atoms with Crippen molar-refractivity contribution in [2.45, 2.75) is 6.92 Å². The number of hydrogen-bond donors (Lipinski definition) is 2. The fourth-order valence-electron chi connectivity index (χ4n) is 2.34. The predicted molar refractivity (Wildman–Crippen MR) is 99.2 cm³/mol. The Labute approximate surface area is 145 Å². The average Bonchev–Trinajstić information content (AvgIpc) is 2.61. The van der Waals surface area contributed by atoms with Gasteiger partial charge in [0.1, 0.15) is 5.75 Å². The number of aromatic nitrogens is 2. The quantitative estimate of drug-likeness (QED) is 0.555. The molecule has 2 N–H and O–H groups in total. The molecule has 0 spiro atoms. The first-order chi connectivity index (χ1) is 12.1. The number of anilines is 1. The second kappa shape index (κ2) is 7.44. The molecule has 1 heterocycles. The summed E-state index contributed by atoms with van der Waals surface area (Å²) in [6, 6.07) is 16.7. The lowest BCUT2D eigenvalue weighted by atomic mass is 10.1. The normalized spacial score (nSPS) is 10.8. The monoisotopic (exact) mass is 334 g/mol. The van der Waals surface area contributed by atoms with E-state index in [-0.39, 0.29) is 11.5 Å². The van der Waals surface area contributed by atoms with Crippen molar-refractivity contribution in [1.29, 1.82) is 0 Å². The number of hydrazone groups is 1. The minimum Gasteiger partial charge on any atom is -0.497 e. The summed E-state index contributed by atoms with van der Waals surface area (Å²) >= 11 is 0. The molecule has 0 atom stereocenters. The Balaban J connectivity index is 1.80. The van der Waals surface area contributed by atoms with Crippen LogP contribution in [0, 0.1) is 6.92 Å². The fraction of sp³-hybridized carbons (Fsp3) is 0.105. The third-order valence-electron chi connectivity index (χ3n) is 3.55. The second-order valence-electron chi connectivity index (χ2n) is 5.49. The highest BCUT2D eigenvalue weighted by atomic mass is 16.5. The Hall–Kier alpha value is -3.41. The largest absolute Gasteiger partial charge is 0.497 e. The molecule has 0 aliphatic carbocycles. The molecule has 0 aliphatic rings. The van der Waals surface area contributed by atoms with Crippen molar-refractivity contribution in [2.24, 2.45) is 5.10 Å². The van der Waals surface area contributed by atoms with Crippen LogP contribution >= 0.6 is 0 Å². The van der Waals surface area contributed by atoms with E-state index >= 15 is 0 Å². The van der Waals surface area contributed by atoms with E-state index < -0.39 is 0 Å². The average molecular weight is 334 g/mol. The second-order valence-corrected chi connectivity index (χ2v) is 5.49. The van der Waals surface area contributed by atoms with E-state index in [4.69, 9.17) is 4.74 Å². The van der Waals surface area contributed by atoms with Crippen molar-refractivity contribution < 1.29 is 4.74 Å². The van der Waals surface area contributed by atoms with Gasteiger partial charge in [-0.05, 0) is 36.8 Å². The Bertz CT molecular complexity index is 946. The lowest BCUT2D eigenvalue weighted by Crippen LogP contribution is -2.10. The smallest absolute Gasteiger partial charge is 0.252 e. The summed E-state index contributed by atoms with van der Waals surface area (Å²) in [6.45, 7) is 2.02. The summed E-state index contributed by atoms with van der Waals surface area (Å²) in [5.74, 6) is 1.02. The lowest BCUT2D eigenvalue weighted by molar-refractivity contribution is 0.415. The van der Waals surface area contributed by atoms with Gasteiger partial charge in [-0.1, -0.05) is 29.8 Å². The van der Waals surface area contributed by atoms with Crippen LogP contribution in [0.2, 0.25) is 0 Å². The van der Waals surface area contributed by atoms with Crippen LogP contribution in [0.5, 0.6) is 5.75 Å². The van der Waals surface area contributed by atoms with Gasteiger partial charge in [-0.2, -0.15) is 5.10 Å². The summed E-state index contributed by atoms with van der Waals surface area (Å²) in [7, 11) is 1.61. The molecule has 0 saturated carbocycles. The van der Waals surface area contributed by atoms with E-state index in [1.165, 1.54) is 6.07 Å². The van der Waals surface area contributed by atoms with Gasteiger partial charge in [0.05, 0.1) is 19.0 Å². The first-order valence-electron chi connectivity index (χ1n) is 7.75. The van der Waals surface area contributed by atoms with Crippen molar-refractivity contribution >= 4 is 12.2 Å². The van der Waals surface area contributed by atoms with E-state index in [1.54, 1.807) is 13.3 Å². The zero-order valence-corrected chi connectivity index (χ0v) is 14.0. The van der Waals surface area contributed by atoms with Crippen molar-refractivity contribution in [3.63, 3.8) is 0 Å². The maximum Gasteiger partial charge on any atom is 0.252 e. The standard InChI is InChI=1S/C19H18N4O2/c1-13-4-3-5-14(10-13)12-20-23-19-21-17(11-18(24)22-19)15-6-8-16(25-2)9-7-15/h3-12H,1-2H3,(H2,21,22,23,24)/b20-12-. The molecular formula is C19H18N4O2. The molecule has 126 valence electrons. The number of rotatable bonds is 5. The molecule has 3 aromatic rings. The highest BCUT2D eigenvalue weighted by Crippen LogP contribution is 2.20. The number of benzene rings is 2. The van der Waals surface area contributed by atoms with Crippen LogP contribution in [-0.4, -0.2) is 23.3 Å². The number of ether oxygens (including phenoxy) is 1. The molecule has 3 rings (SSSR count). The van der Waals surface area contributed by atoms with Crippen LogP contribution in [0.4, 0.5) is 5.95 Å². The highest BCUT2D eigenvalue weighted by Gasteiger charge is 2.04. The molecule has 6 heteroatoms. The van der Waals surface area contributed by atoms with Crippen LogP contribution in [0.1, 0.15) is 11.1 Å². The summed E-state index contributed by atoms with van der Waals surface area (Å²) in [5.41, 5.74) is 5.99. The van der Waals surface area contributed by atoms with E-state index in [9.17, 15) is 4.79 Å². The number of H-pyrrole nitrogens is 1. The van der Waals surface area contributed by atoms with Gasteiger partial charge in [-0.15, -0.1) is 0 Å².